The number of hydrogen-bond acceptors (Lipinski definition) is 4. The normalized spacial score (nSPS) is 10.8. The zero-order valence-electron chi connectivity index (χ0n) is 11.0. The van der Waals surface area contributed by atoms with E-state index in [9.17, 15) is 0 Å². The lowest BCUT2D eigenvalue weighted by Crippen LogP contribution is -2.21. The highest BCUT2D eigenvalue weighted by Gasteiger charge is 2.16. The molecule has 0 fully saturated rings. The predicted octanol–water partition coefficient (Wildman–Crippen LogP) is 4.72. The third-order valence-corrected chi connectivity index (χ3v) is 4.01. The first-order chi connectivity index (χ1) is 8.13. The zero-order valence-corrected chi connectivity index (χ0v) is 12.6. The monoisotopic (exact) mass is 272 g/mol. The summed E-state index contributed by atoms with van der Waals surface area (Å²) in [7, 11) is 2.06. The molecular weight excluding hydrogens is 248 g/mol. The Balaban J connectivity index is 0.00000289. The van der Waals surface area contributed by atoms with Gasteiger partial charge in [0.2, 0.25) is 0 Å². The molecule has 0 atom stereocenters. The molecule has 1 aromatic carbocycles. The molecule has 0 unspecified atom stereocenters. The van der Waals surface area contributed by atoms with Crippen molar-refractivity contribution in [1.29, 1.82) is 0 Å². The van der Waals surface area contributed by atoms with Crippen molar-refractivity contribution in [3.8, 4) is 0 Å². The first-order valence-electron chi connectivity index (χ1n) is 6.41. The standard InChI is InChI=1S/C13H22N2S2.H2/c1-4-6-7-8-9-14-10-11(15(3)5-2)13(17)12(10)16;/h14H,4-9H2,1-3H3;1H. The van der Waals surface area contributed by atoms with Crippen LogP contribution in [0.25, 0.3) is 0 Å². The van der Waals surface area contributed by atoms with Crippen LogP contribution in [0, 0.1) is 9.02 Å². The Bertz CT molecular complexity index is 425. The van der Waals surface area contributed by atoms with Crippen molar-refractivity contribution in [3.63, 3.8) is 0 Å². The van der Waals surface area contributed by atoms with Crippen molar-refractivity contribution in [2.24, 2.45) is 0 Å². The Kier molecular flexibility index (Phi) is 6.06. The summed E-state index contributed by atoms with van der Waals surface area (Å²) in [6.07, 6.45) is 5.07. The van der Waals surface area contributed by atoms with Gasteiger partial charge >= 0.3 is 0 Å². The van der Waals surface area contributed by atoms with Gasteiger partial charge in [-0.2, -0.15) is 0 Å². The summed E-state index contributed by atoms with van der Waals surface area (Å²) in [5.41, 5.74) is 2.22. The molecule has 4 heteroatoms. The van der Waals surface area contributed by atoms with E-state index in [2.05, 4.69) is 31.1 Å². The van der Waals surface area contributed by atoms with Crippen LogP contribution in [0.5, 0.6) is 0 Å². The minimum Gasteiger partial charge on any atom is -0.382 e. The van der Waals surface area contributed by atoms with Crippen molar-refractivity contribution < 1.29 is 1.43 Å². The van der Waals surface area contributed by atoms with Gasteiger partial charge in [0.1, 0.15) is 0 Å². The van der Waals surface area contributed by atoms with E-state index in [0.29, 0.717) is 0 Å². The molecule has 17 heavy (non-hydrogen) atoms. The molecule has 0 aromatic heterocycles. The summed E-state index contributed by atoms with van der Waals surface area (Å²) < 4.78 is 1.69. The lowest BCUT2D eigenvalue weighted by molar-refractivity contribution is 0.684. The first-order valence-corrected chi connectivity index (χ1v) is 7.23. The van der Waals surface area contributed by atoms with Gasteiger partial charge in [0.05, 0.1) is 20.4 Å². The second-order valence-corrected chi connectivity index (χ2v) is 5.20. The molecule has 0 radical (unpaired) electrons. The number of nitrogens with zero attached hydrogens (tertiary/aromatic N) is 1. The zero-order chi connectivity index (χ0) is 12.8. The van der Waals surface area contributed by atoms with Crippen LogP contribution in [0.3, 0.4) is 0 Å². The van der Waals surface area contributed by atoms with E-state index < -0.39 is 0 Å². The Morgan fingerprint density at radius 1 is 1.12 bits per heavy atom. The van der Waals surface area contributed by atoms with Crippen molar-refractivity contribution >= 4 is 35.8 Å². The van der Waals surface area contributed by atoms with E-state index in [-0.39, 0.29) is 1.43 Å². The van der Waals surface area contributed by atoms with Crippen LogP contribution in [0.15, 0.2) is 0 Å². The molecule has 0 saturated heterocycles. The third-order valence-electron chi connectivity index (χ3n) is 3.07. The average Bonchev–Trinajstić information content (AvgIpc) is 2.35. The minimum absolute atomic E-state index is 0. The Labute approximate surface area is 116 Å². The molecule has 0 spiro atoms. The molecule has 1 rings (SSSR count). The fourth-order valence-electron chi connectivity index (χ4n) is 1.83. The quantitative estimate of drug-likeness (QED) is 0.544. The number of hydrogen-bond donors (Lipinski definition) is 1. The molecule has 1 N–H and O–H groups in total. The molecule has 0 amide bonds. The summed E-state index contributed by atoms with van der Waals surface area (Å²) in [6, 6.07) is 0. The highest BCUT2D eigenvalue weighted by atomic mass is 32.1. The maximum absolute atomic E-state index is 5.29. The molecule has 0 aliphatic rings. The predicted molar refractivity (Wildman–Crippen MR) is 84.2 cm³/mol. The Morgan fingerprint density at radius 3 is 2.41 bits per heavy atom. The molecule has 1 aromatic rings. The molecular formula is C13H24N2S2. The largest absolute Gasteiger partial charge is 0.382 e. The lowest BCUT2D eigenvalue weighted by Gasteiger charge is -2.24. The van der Waals surface area contributed by atoms with Gasteiger partial charge in [-0.3, -0.25) is 0 Å². The molecule has 98 valence electrons. The van der Waals surface area contributed by atoms with Crippen LogP contribution >= 0.6 is 24.4 Å². The minimum atomic E-state index is 0. The van der Waals surface area contributed by atoms with Crippen LogP contribution in [-0.4, -0.2) is 20.1 Å². The maximum atomic E-state index is 5.29. The second-order valence-electron chi connectivity index (χ2n) is 4.38. The molecule has 0 bridgehead atoms. The van der Waals surface area contributed by atoms with Gasteiger partial charge < -0.3 is 10.2 Å². The third kappa shape index (κ3) is 3.49. The average molecular weight is 272 g/mol. The molecule has 2 nitrogen and oxygen atoms in total. The van der Waals surface area contributed by atoms with Crippen LogP contribution in [0.4, 0.5) is 11.4 Å². The first kappa shape index (κ1) is 14.6. The highest BCUT2D eigenvalue weighted by molar-refractivity contribution is 7.74. The molecule has 0 aliphatic carbocycles. The molecule has 0 aliphatic heterocycles. The Hall–Kier alpha value is -0.480. The fourth-order valence-corrected chi connectivity index (χ4v) is 2.46. The van der Waals surface area contributed by atoms with Gasteiger partial charge in [-0.15, -0.1) is 0 Å². The van der Waals surface area contributed by atoms with Crippen molar-refractivity contribution in [3.05, 3.63) is 9.02 Å². The lowest BCUT2D eigenvalue weighted by atomic mass is 10.1. The van der Waals surface area contributed by atoms with E-state index >= 15 is 0 Å². The molecule has 0 heterocycles. The van der Waals surface area contributed by atoms with Crippen molar-refractivity contribution in [1.82, 2.24) is 0 Å². The fraction of sp³-hybridized carbons (Fsp3) is 0.692. The van der Waals surface area contributed by atoms with E-state index in [1.807, 2.05) is 0 Å². The van der Waals surface area contributed by atoms with Crippen LogP contribution < -0.4 is 10.2 Å². The SMILES string of the molecule is CCCCCCNc1c(N(C)CC)c(=S)c1=S.[HH]. The van der Waals surface area contributed by atoms with Gasteiger partial charge in [-0.1, -0.05) is 50.6 Å². The van der Waals surface area contributed by atoms with Crippen molar-refractivity contribution in [2.75, 3.05) is 30.4 Å². The topological polar surface area (TPSA) is 15.3 Å². The van der Waals surface area contributed by atoms with Gasteiger partial charge in [-0.25, -0.2) is 0 Å². The summed E-state index contributed by atoms with van der Waals surface area (Å²) in [4.78, 5) is 2.16. The summed E-state index contributed by atoms with van der Waals surface area (Å²) in [6.45, 7) is 6.30. The number of nitrogens with one attached hydrogen (secondary N) is 1. The number of unbranched alkanes of at least 4 members (excludes halogenated alkanes) is 3. The summed E-state index contributed by atoms with van der Waals surface area (Å²) in [5.74, 6) is 0. The van der Waals surface area contributed by atoms with E-state index in [1.165, 1.54) is 25.7 Å². The maximum Gasteiger partial charge on any atom is 0.0834 e. The van der Waals surface area contributed by atoms with Gasteiger partial charge in [-0.05, 0) is 13.3 Å². The highest BCUT2D eigenvalue weighted by Crippen LogP contribution is 2.34. The van der Waals surface area contributed by atoms with Gasteiger partial charge in [0, 0.05) is 21.6 Å². The summed E-state index contributed by atoms with van der Waals surface area (Å²) >= 11 is 10.6. The van der Waals surface area contributed by atoms with Gasteiger partial charge in [0.25, 0.3) is 0 Å². The summed E-state index contributed by atoms with van der Waals surface area (Å²) in [5, 5.41) is 3.43. The van der Waals surface area contributed by atoms with Crippen LogP contribution in [0.2, 0.25) is 0 Å². The smallest absolute Gasteiger partial charge is 0.0834 e. The number of anilines is 2. The van der Waals surface area contributed by atoms with Crippen LogP contribution in [0.1, 0.15) is 41.0 Å². The van der Waals surface area contributed by atoms with E-state index in [4.69, 9.17) is 24.4 Å². The second kappa shape index (κ2) is 7.07. The molecule has 0 saturated carbocycles. The van der Waals surface area contributed by atoms with Crippen molar-refractivity contribution in [2.45, 2.75) is 39.5 Å². The Morgan fingerprint density at radius 2 is 1.82 bits per heavy atom. The van der Waals surface area contributed by atoms with Crippen LogP contribution in [-0.2, 0) is 0 Å². The van der Waals surface area contributed by atoms with Gasteiger partial charge in [0.15, 0.2) is 0 Å². The van der Waals surface area contributed by atoms with E-state index in [1.54, 1.807) is 0 Å². The number of rotatable bonds is 8. The van der Waals surface area contributed by atoms with E-state index in [0.717, 1.165) is 33.5 Å².